The van der Waals surface area contributed by atoms with E-state index in [0.717, 1.165) is 24.5 Å². The molecule has 0 atom stereocenters. The molecule has 0 saturated carbocycles. The van der Waals surface area contributed by atoms with E-state index < -0.39 is 10.0 Å². The van der Waals surface area contributed by atoms with Crippen LogP contribution in [0.4, 0.5) is 0 Å². The average Bonchev–Trinajstić information content (AvgIpc) is 2.83. The molecule has 2 heterocycles. The normalized spacial score (nSPS) is 17.7. The van der Waals surface area contributed by atoms with E-state index in [1.807, 2.05) is 6.07 Å². The van der Waals surface area contributed by atoms with E-state index in [4.69, 9.17) is 5.73 Å². The summed E-state index contributed by atoms with van der Waals surface area (Å²) in [6.45, 7) is 3.92. The van der Waals surface area contributed by atoms with Crippen LogP contribution in [-0.2, 0) is 16.6 Å². The van der Waals surface area contributed by atoms with Crippen LogP contribution in [0.3, 0.4) is 0 Å². The van der Waals surface area contributed by atoms with E-state index in [1.165, 1.54) is 15.4 Å². The summed E-state index contributed by atoms with van der Waals surface area (Å²) in [5.74, 6) is 5.87. The Hall–Kier alpha value is -0.910. The highest BCUT2D eigenvalue weighted by molar-refractivity contribution is 7.88. The lowest BCUT2D eigenvalue weighted by Gasteiger charge is -2.32. The molecule has 0 aromatic carbocycles. The van der Waals surface area contributed by atoms with Gasteiger partial charge in [-0.2, -0.15) is 4.31 Å². The highest BCUT2D eigenvalue weighted by Crippen LogP contribution is 2.18. The first-order valence-corrected chi connectivity index (χ1v) is 9.10. The zero-order valence-electron chi connectivity index (χ0n) is 11.5. The molecule has 0 bridgehead atoms. The summed E-state index contributed by atoms with van der Waals surface area (Å²) in [6, 6.07) is 4.09. The molecule has 0 amide bonds. The van der Waals surface area contributed by atoms with Crippen LogP contribution in [0, 0.1) is 11.8 Å². The first-order chi connectivity index (χ1) is 9.49. The summed E-state index contributed by atoms with van der Waals surface area (Å²) in [5, 5.41) is 0. The lowest BCUT2D eigenvalue weighted by molar-refractivity contribution is 0.183. The molecule has 0 radical (unpaired) electrons. The molecule has 7 heteroatoms. The highest BCUT2D eigenvalue weighted by atomic mass is 32.2. The van der Waals surface area contributed by atoms with Crippen molar-refractivity contribution in [2.75, 3.05) is 39.0 Å². The average molecular weight is 313 g/mol. The van der Waals surface area contributed by atoms with Gasteiger partial charge in [0.1, 0.15) is 0 Å². The first-order valence-electron chi connectivity index (χ1n) is 6.44. The third-order valence-corrected chi connectivity index (χ3v) is 5.44. The van der Waals surface area contributed by atoms with Gasteiger partial charge in [0.25, 0.3) is 0 Å². The molecule has 110 valence electrons. The Balaban J connectivity index is 1.88. The van der Waals surface area contributed by atoms with Crippen molar-refractivity contribution in [3.63, 3.8) is 0 Å². The number of nitrogens with zero attached hydrogens (tertiary/aromatic N) is 2. The Labute approximate surface area is 124 Å². The highest BCUT2D eigenvalue weighted by Gasteiger charge is 2.23. The molecule has 1 aromatic rings. The van der Waals surface area contributed by atoms with Crippen molar-refractivity contribution in [3.8, 4) is 11.8 Å². The predicted octanol–water partition coefficient (Wildman–Crippen LogP) is 0.136. The molecular weight excluding hydrogens is 294 g/mol. The standard InChI is InChI=1S/C13H19N3O2S2/c1-20(17,18)16-9-7-15(8-10-16)11-13-5-4-12(19-13)3-2-6-14/h4-5H,6-11,14H2,1H3. The van der Waals surface area contributed by atoms with Crippen molar-refractivity contribution in [2.24, 2.45) is 5.73 Å². The van der Waals surface area contributed by atoms with Crippen molar-refractivity contribution in [2.45, 2.75) is 6.54 Å². The molecule has 1 aliphatic rings. The van der Waals surface area contributed by atoms with Crippen LogP contribution in [0.15, 0.2) is 12.1 Å². The van der Waals surface area contributed by atoms with Crippen molar-refractivity contribution in [3.05, 3.63) is 21.9 Å². The number of nitrogens with two attached hydrogens (primary N) is 1. The molecule has 1 aromatic heterocycles. The number of thiophene rings is 1. The fourth-order valence-electron chi connectivity index (χ4n) is 2.11. The van der Waals surface area contributed by atoms with E-state index in [2.05, 4.69) is 22.8 Å². The van der Waals surface area contributed by atoms with Gasteiger partial charge in [-0.05, 0) is 12.1 Å². The van der Waals surface area contributed by atoms with E-state index in [9.17, 15) is 8.42 Å². The van der Waals surface area contributed by atoms with E-state index >= 15 is 0 Å². The lowest BCUT2D eigenvalue weighted by atomic mass is 10.3. The summed E-state index contributed by atoms with van der Waals surface area (Å²) >= 11 is 1.67. The van der Waals surface area contributed by atoms with Gasteiger partial charge in [-0.25, -0.2) is 8.42 Å². The maximum atomic E-state index is 11.4. The Morgan fingerprint density at radius 3 is 2.60 bits per heavy atom. The van der Waals surface area contributed by atoms with Crippen LogP contribution in [0.1, 0.15) is 9.75 Å². The summed E-state index contributed by atoms with van der Waals surface area (Å²) < 4.78 is 24.4. The third kappa shape index (κ3) is 4.30. The van der Waals surface area contributed by atoms with Crippen LogP contribution in [0.25, 0.3) is 0 Å². The summed E-state index contributed by atoms with van der Waals surface area (Å²) in [5.41, 5.74) is 5.35. The number of hydrogen-bond donors (Lipinski definition) is 1. The van der Waals surface area contributed by atoms with Gasteiger partial charge in [-0.15, -0.1) is 11.3 Å². The van der Waals surface area contributed by atoms with Gasteiger partial charge in [-0.1, -0.05) is 11.8 Å². The number of piperazine rings is 1. The predicted molar refractivity (Wildman–Crippen MR) is 81.9 cm³/mol. The van der Waals surface area contributed by atoms with Crippen molar-refractivity contribution >= 4 is 21.4 Å². The first kappa shape index (κ1) is 15.5. The van der Waals surface area contributed by atoms with E-state index in [1.54, 1.807) is 11.3 Å². The zero-order valence-corrected chi connectivity index (χ0v) is 13.1. The largest absolute Gasteiger partial charge is 0.320 e. The van der Waals surface area contributed by atoms with Gasteiger partial charge < -0.3 is 5.73 Å². The third-order valence-electron chi connectivity index (χ3n) is 3.16. The Morgan fingerprint density at radius 1 is 1.30 bits per heavy atom. The Bertz CT molecular complexity index is 605. The second-order valence-corrected chi connectivity index (χ2v) is 7.86. The second-order valence-electron chi connectivity index (χ2n) is 4.71. The van der Waals surface area contributed by atoms with Gasteiger partial charge in [0.05, 0.1) is 17.7 Å². The van der Waals surface area contributed by atoms with Crippen LogP contribution in [0.5, 0.6) is 0 Å². The summed E-state index contributed by atoms with van der Waals surface area (Å²) in [6.07, 6.45) is 1.27. The zero-order chi connectivity index (χ0) is 14.6. The van der Waals surface area contributed by atoms with Gasteiger partial charge >= 0.3 is 0 Å². The summed E-state index contributed by atoms with van der Waals surface area (Å²) in [4.78, 5) is 4.55. The molecule has 1 saturated heterocycles. The van der Waals surface area contributed by atoms with E-state index in [-0.39, 0.29) is 0 Å². The molecule has 2 N–H and O–H groups in total. The molecular formula is C13H19N3O2S2. The quantitative estimate of drug-likeness (QED) is 0.806. The number of sulfonamides is 1. The van der Waals surface area contributed by atoms with Crippen LogP contribution >= 0.6 is 11.3 Å². The number of hydrogen-bond acceptors (Lipinski definition) is 5. The second kappa shape index (κ2) is 6.70. The summed E-state index contributed by atoms with van der Waals surface area (Å²) in [7, 11) is -3.05. The van der Waals surface area contributed by atoms with Crippen molar-refractivity contribution < 1.29 is 8.42 Å². The van der Waals surface area contributed by atoms with Gasteiger partial charge in [0.15, 0.2) is 0 Å². The number of rotatable bonds is 3. The molecule has 20 heavy (non-hydrogen) atoms. The fraction of sp³-hybridized carbons (Fsp3) is 0.538. The molecule has 5 nitrogen and oxygen atoms in total. The minimum absolute atomic E-state index is 0.376. The minimum Gasteiger partial charge on any atom is -0.320 e. The molecule has 2 rings (SSSR count). The van der Waals surface area contributed by atoms with Gasteiger partial charge in [0.2, 0.25) is 10.0 Å². The SMILES string of the molecule is CS(=O)(=O)N1CCN(Cc2ccc(C#CCN)s2)CC1. The maximum Gasteiger partial charge on any atom is 0.211 e. The fourth-order valence-corrected chi connectivity index (χ4v) is 3.86. The minimum atomic E-state index is -3.05. The Kier molecular flexibility index (Phi) is 5.18. The maximum absolute atomic E-state index is 11.4. The molecule has 0 aliphatic carbocycles. The monoisotopic (exact) mass is 313 g/mol. The van der Waals surface area contributed by atoms with Crippen LogP contribution < -0.4 is 5.73 Å². The Morgan fingerprint density at radius 2 is 2.00 bits per heavy atom. The molecule has 0 unspecified atom stereocenters. The topological polar surface area (TPSA) is 66.6 Å². The molecule has 1 aliphatic heterocycles. The van der Waals surface area contributed by atoms with Crippen LogP contribution in [0.2, 0.25) is 0 Å². The van der Waals surface area contributed by atoms with Gasteiger partial charge in [0, 0.05) is 37.6 Å². The van der Waals surface area contributed by atoms with Crippen LogP contribution in [-0.4, -0.2) is 56.6 Å². The van der Waals surface area contributed by atoms with E-state index in [0.29, 0.717) is 19.6 Å². The smallest absolute Gasteiger partial charge is 0.211 e. The van der Waals surface area contributed by atoms with Crippen molar-refractivity contribution in [1.82, 2.24) is 9.21 Å². The van der Waals surface area contributed by atoms with Gasteiger partial charge in [-0.3, -0.25) is 4.90 Å². The van der Waals surface area contributed by atoms with Crippen molar-refractivity contribution in [1.29, 1.82) is 0 Å². The molecule has 1 fully saturated rings. The lowest BCUT2D eigenvalue weighted by Crippen LogP contribution is -2.47. The molecule has 0 spiro atoms.